The van der Waals surface area contributed by atoms with Gasteiger partial charge < -0.3 is 9.84 Å². The molecule has 0 bridgehead atoms. The molecule has 1 unspecified atom stereocenters. The number of rotatable bonds is 6. The summed E-state index contributed by atoms with van der Waals surface area (Å²) in [7, 11) is 0. The Hall–Kier alpha value is -1.16. The zero-order chi connectivity index (χ0) is 14.5. The first kappa shape index (κ1) is 15.9. The molecule has 0 fully saturated rings. The molecule has 0 aliphatic heterocycles. The second kappa shape index (κ2) is 6.85. The van der Waals surface area contributed by atoms with Crippen molar-refractivity contribution >= 4 is 0 Å². The number of hydrogen-bond donors (Lipinski definition) is 1. The van der Waals surface area contributed by atoms with Gasteiger partial charge in [0.2, 0.25) is 0 Å². The van der Waals surface area contributed by atoms with E-state index in [1.54, 1.807) is 0 Å². The van der Waals surface area contributed by atoms with Crippen molar-refractivity contribution in [2.45, 2.75) is 46.1 Å². The minimum absolute atomic E-state index is 0.0674. The van der Waals surface area contributed by atoms with E-state index in [2.05, 4.69) is 0 Å². The molecule has 0 heterocycles. The van der Waals surface area contributed by atoms with Gasteiger partial charge in [0.1, 0.15) is 5.82 Å². The van der Waals surface area contributed by atoms with Crippen LogP contribution in [0.2, 0.25) is 0 Å². The fourth-order valence-electron chi connectivity index (χ4n) is 1.65. The molecule has 2 nitrogen and oxygen atoms in total. The molecule has 1 atom stereocenters. The van der Waals surface area contributed by atoms with Crippen LogP contribution in [0, 0.1) is 17.0 Å². The molecule has 0 radical (unpaired) electrons. The van der Waals surface area contributed by atoms with E-state index in [1.807, 2.05) is 20.8 Å². The maximum Gasteiger partial charge on any atom is 0.167 e. The second-order valence-corrected chi connectivity index (χ2v) is 5.80. The van der Waals surface area contributed by atoms with E-state index >= 15 is 0 Å². The second-order valence-electron chi connectivity index (χ2n) is 5.80. The normalized spacial score (nSPS) is 13.4. The Bertz CT molecular complexity index is 400. The lowest BCUT2D eigenvalue weighted by Gasteiger charge is -2.25. The van der Waals surface area contributed by atoms with Crippen molar-refractivity contribution in [1.82, 2.24) is 0 Å². The van der Waals surface area contributed by atoms with Crippen molar-refractivity contribution < 1.29 is 18.6 Å². The summed E-state index contributed by atoms with van der Waals surface area (Å²) in [5.41, 5.74) is -0.121. The van der Waals surface area contributed by atoms with Gasteiger partial charge in [-0.1, -0.05) is 20.8 Å². The number of aliphatic hydroxyl groups excluding tert-OH is 1. The highest BCUT2D eigenvalue weighted by Gasteiger charge is 2.21. The number of hydrogen-bond acceptors (Lipinski definition) is 2. The molecule has 1 rings (SSSR count). The molecular weight excluding hydrogens is 250 g/mol. The van der Waals surface area contributed by atoms with Crippen LogP contribution in [0.25, 0.3) is 0 Å². The van der Waals surface area contributed by atoms with E-state index in [-0.39, 0.29) is 17.3 Å². The number of aliphatic hydroxyl groups is 1. The fraction of sp³-hybridized carbons (Fsp3) is 0.600. The third kappa shape index (κ3) is 5.55. The molecule has 0 aromatic heterocycles. The molecule has 0 aliphatic rings. The van der Waals surface area contributed by atoms with Crippen molar-refractivity contribution in [2.24, 2.45) is 5.41 Å². The van der Waals surface area contributed by atoms with E-state index in [1.165, 1.54) is 12.1 Å². The molecule has 4 heteroatoms. The van der Waals surface area contributed by atoms with Gasteiger partial charge >= 0.3 is 0 Å². The van der Waals surface area contributed by atoms with E-state index in [9.17, 15) is 13.9 Å². The van der Waals surface area contributed by atoms with Gasteiger partial charge in [-0.15, -0.1) is 0 Å². The van der Waals surface area contributed by atoms with Crippen LogP contribution in [-0.2, 0) is 0 Å². The van der Waals surface area contributed by atoms with Gasteiger partial charge in [-0.3, -0.25) is 0 Å². The first-order valence-corrected chi connectivity index (χ1v) is 6.56. The van der Waals surface area contributed by atoms with Crippen LogP contribution >= 0.6 is 0 Å². The molecule has 0 aliphatic carbocycles. The van der Waals surface area contributed by atoms with Gasteiger partial charge in [0.15, 0.2) is 11.6 Å². The molecule has 0 saturated heterocycles. The molecule has 0 amide bonds. The number of unbranched alkanes of at least 4 members (excludes halogenated alkanes) is 1. The summed E-state index contributed by atoms with van der Waals surface area (Å²) in [6, 6.07) is 3.26. The molecular formula is C15H22F2O2. The highest BCUT2D eigenvalue weighted by atomic mass is 19.1. The summed E-state index contributed by atoms with van der Waals surface area (Å²) in [4.78, 5) is 0. The zero-order valence-electron chi connectivity index (χ0n) is 11.7. The molecule has 1 N–H and O–H groups in total. The first-order chi connectivity index (χ1) is 8.80. The maximum atomic E-state index is 13.2. The summed E-state index contributed by atoms with van der Waals surface area (Å²) in [5.74, 6) is -1.23. The quantitative estimate of drug-likeness (QED) is 0.795. The van der Waals surface area contributed by atoms with E-state index in [0.717, 1.165) is 18.9 Å². The monoisotopic (exact) mass is 272 g/mol. The predicted octanol–water partition coefficient (Wildman–Crippen LogP) is 3.92. The number of benzene rings is 1. The van der Waals surface area contributed by atoms with Crippen molar-refractivity contribution in [1.29, 1.82) is 0 Å². The Balaban J connectivity index is 2.24. The Morgan fingerprint density at radius 1 is 1.21 bits per heavy atom. The predicted molar refractivity (Wildman–Crippen MR) is 71.2 cm³/mol. The molecule has 19 heavy (non-hydrogen) atoms. The van der Waals surface area contributed by atoms with Gasteiger partial charge in [0.05, 0.1) is 12.7 Å². The van der Waals surface area contributed by atoms with Crippen molar-refractivity contribution in [3.05, 3.63) is 29.8 Å². The highest BCUT2D eigenvalue weighted by Crippen LogP contribution is 2.23. The van der Waals surface area contributed by atoms with Crippen LogP contribution in [0.4, 0.5) is 8.78 Å². The average molecular weight is 272 g/mol. The van der Waals surface area contributed by atoms with E-state index in [4.69, 9.17) is 4.74 Å². The van der Waals surface area contributed by atoms with Gasteiger partial charge in [-0.25, -0.2) is 8.78 Å². The number of ether oxygens (including phenoxy) is 1. The zero-order valence-corrected chi connectivity index (χ0v) is 11.7. The summed E-state index contributed by atoms with van der Waals surface area (Å²) in [5, 5.41) is 9.83. The average Bonchev–Trinajstić information content (AvgIpc) is 2.29. The van der Waals surface area contributed by atoms with Gasteiger partial charge in [0, 0.05) is 6.07 Å². The van der Waals surface area contributed by atoms with E-state index in [0.29, 0.717) is 13.0 Å². The summed E-state index contributed by atoms with van der Waals surface area (Å²) < 4.78 is 31.1. The lowest BCUT2D eigenvalue weighted by atomic mass is 9.86. The summed E-state index contributed by atoms with van der Waals surface area (Å²) in [6.07, 6.45) is 1.87. The molecule has 1 aromatic carbocycles. The fourth-order valence-corrected chi connectivity index (χ4v) is 1.65. The third-order valence-electron chi connectivity index (χ3n) is 3.02. The largest absolute Gasteiger partial charge is 0.491 e. The topological polar surface area (TPSA) is 29.5 Å². The first-order valence-electron chi connectivity index (χ1n) is 6.56. The van der Waals surface area contributed by atoms with E-state index < -0.39 is 11.6 Å². The highest BCUT2D eigenvalue weighted by molar-refractivity contribution is 5.24. The van der Waals surface area contributed by atoms with Crippen molar-refractivity contribution in [3.8, 4) is 5.75 Å². The van der Waals surface area contributed by atoms with Crippen LogP contribution in [0.5, 0.6) is 5.75 Å². The van der Waals surface area contributed by atoms with Crippen molar-refractivity contribution in [2.75, 3.05) is 6.61 Å². The maximum absolute atomic E-state index is 13.2. The van der Waals surface area contributed by atoms with Gasteiger partial charge in [-0.05, 0) is 36.8 Å². The SMILES string of the molecule is CC(C)(C)C(O)CCCCOc1ccc(F)cc1F. The van der Waals surface area contributed by atoms with Crippen LogP contribution in [0.15, 0.2) is 18.2 Å². The van der Waals surface area contributed by atoms with Gasteiger partial charge in [-0.2, -0.15) is 0 Å². The Kier molecular flexibility index (Phi) is 5.73. The van der Waals surface area contributed by atoms with Crippen LogP contribution in [0.1, 0.15) is 40.0 Å². The standard InChI is InChI=1S/C15H22F2O2/c1-15(2,3)14(18)6-4-5-9-19-13-8-7-11(16)10-12(13)17/h7-8,10,14,18H,4-6,9H2,1-3H3. The summed E-state index contributed by atoms with van der Waals surface area (Å²) >= 11 is 0. The van der Waals surface area contributed by atoms with Crippen molar-refractivity contribution in [3.63, 3.8) is 0 Å². The minimum Gasteiger partial charge on any atom is -0.491 e. The molecule has 1 aromatic rings. The molecule has 0 saturated carbocycles. The number of halogens is 2. The lowest BCUT2D eigenvalue weighted by Crippen LogP contribution is -2.25. The third-order valence-corrected chi connectivity index (χ3v) is 3.02. The van der Waals surface area contributed by atoms with Crippen LogP contribution in [-0.4, -0.2) is 17.8 Å². The Morgan fingerprint density at radius 2 is 1.89 bits per heavy atom. The Labute approximate surface area is 113 Å². The Morgan fingerprint density at radius 3 is 2.47 bits per heavy atom. The van der Waals surface area contributed by atoms with Crippen LogP contribution < -0.4 is 4.74 Å². The molecule has 0 spiro atoms. The summed E-state index contributed by atoms with van der Waals surface area (Å²) in [6.45, 7) is 6.32. The molecule has 108 valence electrons. The van der Waals surface area contributed by atoms with Crippen LogP contribution in [0.3, 0.4) is 0 Å². The smallest absolute Gasteiger partial charge is 0.167 e. The minimum atomic E-state index is -0.685. The van der Waals surface area contributed by atoms with Gasteiger partial charge in [0.25, 0.3) is 0 Å². The lowest BCUT2D eigenvalue weighted by molar-refractivity contribution is 0.0525.